The number of benzene rings is 1. The number of rotatable bonds is 12. The Morgan fingerprint density at radius 1 is 0.981 bits per heavy atom. The van der Waals surface area contributed by atoms with Crippen molar-refractivity contribution >= 4 is 36.1 Å². The Bertz CT molecular complexity index is 1170. The number of ketones is 1. The minimum Gasteiger partial charge on any atom is -0.392 e. The van der Waals surface area contributed by atoms with Gasteiger partial charge in [0.25, 0.3) is 5.24 Å². The molecule has 0 aromatic heterocycles. The zero-order valence-electron chi connectivity index (χ0n) is 35.4. The van der Waals surface area contributed by atoms with E-state index in [1.165, 1.54) is 32.1 Å². The highest BCUT2D eigenvalue weighted by Crippen LogP contribution is 2.55. The number of alkyl halides is 1. The van der Waals surface area contributed by atoms with Crippen LogP contribution in [0.3, 0.4) is 0 Å². The van der Waals surface area contributed by atoms with E-state index < -0.39 is 14.3 Å². The maximum absolute atomic E-state index is 12.1. The van der Waals surface area contributed by atoms with Crippen molar-refractivity contribution in [3.63, 3.8) is 0 Å². The van der Waals surface area contributed by atoms with Gasteiger partial charge < -0.3 is 14.2 Å². The summed E-state index contributed by atoms with van der Waals surface area (Å²) in [5, 5.41) is 8.87. The largest absolute Gasteiger partial charge is 0.392 e. The minimum absolute atomic E-state index is 0.111. The van der Waals surface area contributed by atoms with Crippen LogP contribution < -0.4 is 4.90 Å². The molecule has 1 amide bonds. The minimum atomic E-state index is -3.09. The zero-order valence-corrected chi connectivity index (χ0v) is 37.1. The molecule has 2 rings (SSSR count). The van der Waals surface area contributed by atoms with Gasteiger partial charge >= 0.3 is 7.60 Å². The molecule has 1 fully saturated rings. The summed E-state index contributed by atoms with van der Waals surface area (Å²) in [7, 11) is -0.307. The maximum atomic E-state index is 12.1. The Morgan fingerprint density at radius 2 is 1.44 bits per heavy atom. The zero-order chi connectivity index (χ0) is 42.1. The van der Waals surface area contributed by atoms with Gasteiger partial charge in [0, 0.05) is 43.4 Å². The number of thioether (sulfide) groups is 1. The number of aliphatic hydroxyl groups is 1. The molecule has 0 bridgehead atoms. The van der Waals surface area contributed by atoms with Crippen LogP contribution in [0.5, 0.6) is 0 Å². The van der Waals surface area contributed by atoms with E-state index in [0.29, 0.717) is 24.2 Å². The molecule has 1 aromatic carbocycles. The van der Waals surface area contributed by atoms with E-state index in [4.69, 9.17) is 14.2 Å². The van der Waals surface area contributed by atoms with Gasteiger partial charge in [-0.05, 0) is 64.3 Å². The van der Waals surface area contributed by atoms with E-state index in [-0.39, 0.29) is 17.6 Å². The summed E-state index contributed by atoms with van der Waals surface area (Å²) < 4.78 is 32.6. The Labute approximate surface area is 323 Å². The number of nitrogens with zero attached hydrogens (tertiary/aromatic N) is 1. The van der Waals surface area contributed by atoms with Crippen molar-refractivity contribution in [2.45, 2.75) is 115 Å². The Balaban J connectivity index is -0.000000131. The fourth-order valence-electron chi connectivity index (χ4n) is 2.91. The van der Waals surface area contributed by atoms with Crippen LogP contribution in [0.25, 0.3) is 0 Å². The lowest BCUT2D eigenvalue weighted by Gasteiger charge is -2.20. The summed E-state index contributed by atoms with van der Waals surface area (Å²) in [6, 6.07) is 10.1. The van der Waals surface area contributed by atoms with Gasteiger partial charge in [-0.1, -0.05) is 141 Å². The quantitative estimate of drug-likeness (QED) is 0.0978. The molecule has 1 aliphatic heterocycles. The second-order valence-electron chi connectivity index (χ2n) is 9.82. The summed E-state index contributed by atoms with van der Waals surface area (Å²) in [6.45, 7) is 35.6. The molecular weight excluding hydrogens is 697 g/mol. The highest BCUT2D eigenvalue weighted by atomic mass is 32.2. The van der Waals surface area contributed by atoms with Crippen LogP contribution in [0, 0.1) is 0 Å². The molecule has 1 N–H and O–H groups in total. The average Bonchev–Trinajstić information content (AvgIpc) is 3.53. The predicted octanol–water partition coefficient (Wildman–Crippen LogP) is 13.7. The molecule has 7 nitrogen and oxygen atoms in total. The number of hydrogen-bond donors (Lipinski definition) is 1. The molecule has 1 aromatic rings. The van der Waals surface area contributed by atoms with E-state index in [1.54, 1.807) is 19.1 Å². The Kier molecular flexibility index (Phi) is 52.2. The second-order valence-corrected chi connectivity index (χ2v) is 13.1. The molecule has 0 spiro atoms. The summed E-state index contributed by atoms with van der Waals surface area (Å²) in [4.78, 5) is 23.8. The van der Waals surface area contributed by atoms with Crippen molar-refractivity contribution in [3.8, 4) is 0 Å². The van der Waals surface area contributed by atoms with Gasteiger partial charge in [0.15, 0.2) is 5.78 Å². The van der Waals surface area contributed by atoms with Crippen LogP contribution >= 0.6 is 19.4 Å². The Hall–Kier alpha value is -2.81. The number of anilines is 1. The molecule has 10 heteroatoms. The highest BCUT2D eigenvalue weighted by Gasteiger charge is 2.29. The second kappa shape index (κ2) is 44.4. The number of carbonyl (C=O) groups excluding carboxylic acids is 2. The van der Waals surface area contributed by atoms with Gasteiger partial charge in [0.2, 0.25) is 0 Å². The average molecular weight is 772 g/mol. The standard InChI is InChI=1S/C12H21O3P.C10H11NOS.C7H12O.C4H8O.C3H5F.3C2H6/c1-7-12(16(13,14-5)15-6)9-8-11(4)10(2)3;1-8-7-13-10(12)11(8)9-5-3-2-4-6-9;1-3-5-6-7(8)4-2;1-4(2)3-5;1-2-3-4;3*1-2/h8-9H,2,7H2,1,3-6H3;2-6,8H,7H2,1H3;5-6H,3-4H2,1-2H3;5H,1,3H2,2H3;2H,1,3H2;3*1-2H3/b11-8+,12-9+;;6-5+;;;;;. The third kappa shape index (κ3) is 34.3. The van der Waals surface area contributed by atoms with Crippen LogP contribution in [0.4, 0.5) is 14.9 Å². The molecule has 1 saturated heterocycles. The first-order valence-electron chi connectivity index (χ1n) is 18.1. The Morgan fingerprint density at radius 3 is 1.73 bits per heavy atom. The van der Waals surface area contributed by atoms with E-state index in [1.807, 2.05) is 124 Å². The smallest absolute Gasteiger partial charge is 0.356 e. The van der Waals surface area contributed by atoms with Crippen molar-refractivity contribution in [1.29, 1.82) is 0 Å². The van der Waals surface area contributed by atoms with Gasteiger partial charge in [-0.3, -0.25) is 19.1 Å². The lowest BCUT2D eigenvalue weighted by Crippen LogP contribution is -2.30. The van der Waals surface area contributed by atoms with E-state index in [2.05, 4.69) is 26.7 Å². The number of amides is 1. The van der Waals surface area contributed by atoms with Crippen molar-refractivity contribution in [2.24, 2.45) is 0 Å². The summed E-state index contributed by atoms with van der Waals surface area (Å²) in [5.41, 5.74) is 3.84. The normalized spacial score (nSPS) is 13.1. The fraction of sp³-hybridized carbons (Fsp3) is 0.524. The monoisotopic (exact) mass is 772 g/mol. The van der Waals surface area contributed by atoms with Gasteiger partial charge in [-0.2, -0.15) is 0 Å². The number of halogens is 1. The predicted molar refractivity (Wildman–Crippen MR) is 232 cm³/mol. The highest BCUT2D eigenvalue weighted by molar-refractivity contribution is 8.14. The molecular formula is C42H75FNO6PS. The van der Waals surface area contributed by atoms with Gasteiger partial charge in [-0.15, -0.1) is 6.58 Å². The molecule has 302 valence electrons. The SMILES string of the molecule is C=C(C)/C(C)=C/C=C(\CC)P(=O)(OC)OC.C=C(C)CO.C=CCF.CC.CC.CC.CC/C=C/C(=O)CC.CC1CSC(=O)N1c1ccccc1. The number of carbonyl (C=O) groups is 2. The van der Waals surface area contributed by atoms with Crippen LogP contribution in [0.15, 0.2) is 102 Å². The third-order valence-electron chi connectivity index (χ3n) is 5.78. The first-order chi connectivity index (χ1) is 24.7. The van der Waals surface area contributed by atoms with Crippen molar-refractivity contribution in [2.75, 3.05) is 38.2 Å². The topological polar surface area (TPSA) is 93.1 Å². The third-order valence-corrected chi connectivity index (χ3v) is 9.00. The van der Waals surface area contributed by atoms with Crippen molar-refractivity contribution in [3.05, 3.63) is 102 Å². The molecule has 1 unspecified atom stereocenters. The lowest BCUT2D eigenvalue weighted by molar-refractivity contribution is -0.114. The van der Waals surface area contributed by atoms with Gasteiger partial charge in [-0.25, -0.2) is 4.39 Å². The lowest BCUT2D eigenvalue weighted by atomic mass is 10.1. The first-order valence-corrected chi connectivity index (χ1v) is 20.6. The molecule has 1 heterocycles. The molecule has 0 radical (unpaired) electrons. The number of hydrogen-bond acceptors (Lipinski definition) is 7. The summed E-state index contributed by atoms with van der Waals surface area (Å²) in [6.07, 6.45) is 10.6. The van der Waals surface area contributed by atoms with Gasteiger partial charge in [0.1, 0.15) is 6.67 Å². The number of para-hydroxylation sites is 1. The maximum Gasteiger partial charge on any atom is 0.356 e. The molecule has 1 aliphatic rings. The van der Waals surface area contributed by atoms with E-state index in [9.17, 15) is 18.5 Å². The molecule has 0 aliphatic carbocycles. The van der Waals surface area contributed by atoms with Crippen LogP contribution in [-0.2, 0) is 18.4 Å². The van der Waals surface area contributed by atoms with E-state index in [0.717, 1.165) is 34.6 Å². The van der Waals surface area contributed by atoms with Gasteiger partial charge in [0.05, 0.1) is 6.61 Å². The molecule has 0 saturated carbocycles. The van der Waals surface area contributed by atoms with E-state index >= 15 is 0 Å². The van der Waals surface area contributed by atoms with Crippen LogP contribution in [-0.4, -0.2) is 55.4 Å². The summed E-state index contributed by atoms with van der Waals surface area (Å²) >= 11 is 1.40. The fourth-order valence-corrected chi connectivity index (χ4v) is 5.13. The van der Waals surface area contributed by atoms with Crippen LogP contribution in [0.2, 0.25) is 0 Å². The van der Waals surface area contributed by atoms with Crippen molar-refractivity contribution in [1.82, 2.24) is 0 Å². The van der Waals surface area contributed by atoms with Crippen LogP contribution in [0.1, 0.15) is 109 Å². The first kappa shape index (κ1) is 61.2. The molecule has 52 heavy (non-hydrogen) atoms. The number of aliphatic hydroxyl groups excluding tert-OH is 1. The number of allylic oxidation sites excluding steroid dienone is 8. The summed E-state index contributed by atoms with van der Waals surface area (Å²) in [5.74, 6) is 1.11. The molecule has 1 atom stereocenters. The van der Waals surface area contributed by atoms with Crippen molar-refractivity contribution < 1.29 is 32.7 Å².